The van der Waals surface area contributed by atoms with E-state index < -0.39 is 6.04 Å². The molecule has 3 heterocycles. The third-order valence-electron chi connectivity index (χ3n) is 5.73. The maximum atomic E-state index is 13.4. The summed E-state index contributed by atoms with van der Waals surface area (Å²) in [5.74, 6) is 0.155. The number of thioether (sulfide) groups is 1. The monoisotopic (exact) mass is 536 g/mol. The molecule has 0 saturated carbocycles. The number of aliphatic imine (C=N–C) groups is 2. The molecular formula is C26H21ClN4O3S2. The van der Waals surface area contributed by atoms with E-state index in [-0.39, 0.29) is 29.8 Å². The zero-order chi connectivity index (χ0) is 25.1. The van der Waals surface area contributed by atoms with Crippen LogP contribution in [0.15, 0.2) is 76.0 Å². The number of amidine groups is 2. The number of ketones is 1. The van der Waals surface area contributed by atoms with Crippen molar-refractivity contribution in [3.05, 3.63) is 87.1 Å². The molecule has 0 bridgehead atoms. The highest BCUT2D eigenvalue weighted by molar-refractivity contribution is 8.14. The number of halogens is 1. The summed E-state index contributed by atoms with van der Waals surface area (Å²) in [6.07, 6.45) is 0.474. The average molecular weight is 537 g/mol. The first-order valence-corrected chi connectivity index (χ1v) is 13.5. The summed E-state index contributed by atoms with van der Waals surface area (Å²) in [5, 5.41) is 5.81. The van der Waals surface area contributed by atoms with Gasteiger partial charge in [0, 0.05) is 27.4 Å². The molecule has 0 radical (unpaired) electrons. The third-order valence-corrected chi connectivity index (χ3v) is 7.80. The first-order chi connectivity index (χ1) is 17.5. The van der Waals surface area contributed by atoms with Gasteiger partial charge >= 0.3 is 0 Å². The van der Waals surface area contributed by atoms with Gasteiger partial charge in [-0.15, -0.1) is 11.3 Å². The maximum Gasteiger partial charge on any atom is 0.259 e. The lowest BCUT2D eigenvalue weighted by Crippen LogP contribution is -2.41. The van der Waals surface area contributed by atoms with Crippen molar-refractivity contribution < 1.29 is 14.4 Å². The Morgan fingerprint density at radius 1 is 1.08 bits per heavy atom. The van der Waals surface area contributed by atoms with Crippen molar-refractivity contribution in [1.29, 1.82) is 0 Å². The molecule has 0 fully saturated rings. The van der Waals surface area contributed by atoms with Crippen molar-refractivity contribution in [2.24, 2.45) is 9.98 Å². The Labute approximate surface area is 221 Å². The molecule has 0 saturated heterocycles. The number of hydrogen-bond acceptors (Lipinski definition) is 7. The van der Waals surface area contributed by atoms with Crippen LogP contribution in [0.5, 0.6) is 0 Å². The Balaban J connectivity index is 1.28. The van der Waals surface area contributed by atoms with E-state index >= 15 is 0 Å². The lowest BCUT2D eigenvalue weighted by atomic mass is 10.1. The van der Waals surface area contributed by atoms with Gasteiger partial charge in [0.15, 0.2) is 11.0 Å². The van der Waals surface area contributed by atoms with Crippen molar-refractivity contribution in [2.45, 2.75) is 25.4 Å². The lowest BCUT2D eigenvalue weighted by molar-refractivity contribution is -0.125. The summed E-state index contributed by atoms with van der Waals surface area (Å²) in [4.78, 5) is 50.3. The van der Waals surface area contributed by atoms with E-state index in [0.29, 0.717) is 40.2 Å². The lowest BCUT2D eigenvalue weighted by Gasteiger charge is -2.25. The van der Waals surface area contributed by atoms with E-state index in [1.807, 2.05) is 41.8 Å². The number of benzene rings is 2. The van der Waals surface area contributed by atoms with Gasteiger partial charge in [0.1, 0.15) is 11.9 Å². The van der Waals surface area contributed by atoms with Crippen LogP contribution in [0, 0.1) is 0 Å². The molecule has 2 amide bonds. The highest BCUT2D eigenvalue weighted by Crippen LogP contribution is 2.34. The molecule has 1 unspecified atom stereocenters. The van der Waals surface area contributed by atoms with Crippen LogP contribution in [0.4, 0.5) is 5.69 Å². The van der Waals surface area contributed by atoms with Crippen molar-refractivity contribution in [2.75, 3.05) is 5.75 Å². The largest absolute Gasteiger partial charge is 0.351 e. The fraction of sp³-hybridized carbons (Fsp3) is 0.192. The van der Waals surface area contributed by atoms with Crippen molar-refractivity contribution in [3.8, 4) is 0 Å². The Hall–Kier alpha value is -3.27. The van der Waals surface area contributed by atoms with Gasteiger partial charge in [0.05, 0.1) is 18.0 Å². The number of fused-ring (bicyclic) bond motifs is 3. The number of thiophene rings is 1. The first-order valence-electron chi connectivity index (χ1n) is 11.3. The molecule has 0 aliphatic carbocycles. The zero-order valence-electron chi connectivity index (χ0n) is 19.0. The second kappa shape index (κ2) is 10.8. The van der Waals surface area contributed by atoms with E-state index in [9.17, 15) is 14.4 Å². The number of Topliss-reactive ketones (excluding diaryl/α,β-unsaturated/α-hetero) is 1. The van der Waals surface area contributed by atoms with Crippen LogP contribution in [0.25, 0.3) is 0 Å². The molecule has 182 valence electrons. The van der Waals surface area contributed by atoms with Crippen LogP contribution in [-0.2, 0) is 16.1 Å². The summed E-state index contributed by atoms with van der Waals surface area (Å²) >= 11 is 8.70. The van der Waals surface area contributed by atoms with Crippen LogP contribution < -0.4 is 5.32 Å². The molecule has 1 N–H and O–H groups in total. The summed E-state index contributed by atoms with van der Waals surface area (Å²) in [6, 6.07) is 17.4. The minimum Gasteiger partial charge on any atom is -0.351 e. The quantitative estimate of drug-likeness (QED) is 0.407. The van der Waals surface area contributed by atoms with Crippen LogP contribution in [-0.4, -0.2) is 45.3 Å². The number of nitrogens with zero attached hydrogens (tertiary/aromatic N) is 3. The van der Waals surface area contributed by atoms with Gasteiger partial charge in [-0.3, -0.25) is 19.4 Å². The van der Waals surface area contributed by atoms with E-state index in [1.54, 1.807) is 35.6 Å². The molecule has 2 aliphatic rings. The number of carbonyl (C=O) groups is 3. The number of nitrogens with one attached hydrogen (secondary N) is 1. The molecule has 2 aromatic carbocycles. The Kier molecular flexibility index (Phi) is 7.31. The summed E-state index contributed by atoms with van der Waals surface area (Å²) < 4.78 is 0. The predicted octanol–water partition coefficient (Wildman–Crippen LogP) is 5.07. The van der Waals surface area contributed by atoms with Gasteiger partial charge < -0.3 is 5.32 Å². The highest BCUT2D eigenvalue weighted by atomic mass is 35.5. The van der Waals surface area contributed by atoms with Gasteiger partial charge in [-0.1, -0.05) is 41.6 Å². The van der Waals surface area contributed by atoms with Crippen LogP contribution >= 0.6 is 34.7 Å². The van der Waals surface area contributed by atoms with Gasteiger partial charge in [-0.2, -0.15) is 0 Å². The highest BCUT2D eigenvalue weighted by Gasteiger charge is 2.41. The van der Waals surface area contributed by atoms with Crippen molar-refractivity contribution >= 4 is 69.0 Å². The Morgan fingerprint density at radius 2 is 1.89 bits per heavy atom. The topological polar surface area (TPSA) is 91.2 Å². The van der Waals surface area contributed by atoms with E-state index in [4.69, 9.17) is 11.6 Å². The smallest absolute Gasteiger partial charge is 0.259 e. The predicted molar refractivity (Wildman–Crippen MR) is 144 cm³/mol. The Bertz CT molecular complexity index is 1370. The zero-order valence-corrected chi connectivity index (χ0v) is 21.4. The van der Waals surface area contributed by atoms with Crippen LogP contribution in [0.3, 0.4) is 0 Å². The van der Waals surface area contributed by atoms with Gasteiger partial charge in [-0.05, 0) is 54.3 Å². The molecule has 36 heavy (non-hydrogen) atoms. The number of rotatable bonds is 8. The SMILES string of the molecule is O=C(CCC1N=C2c3ccccc3N=C(SCC(=O)c3ccc(Cl)cc3)N2C1=O)NCc1cccs1. The molecule has 2 aliphatic heterocycles. The maximum absolute atomic E-state index is 13.4. The molecule has 3 aromatic rings. The average Bonchev–Trinajstić information content (AvgIpc) is 3.53. The number of carbonyl (C=O) groups excluding carboxylic acids is 3. The summed E-state index contributed by atoms with van der Waals surface area (Å²) in [5.41, 5.74) is 1.98. The van der Waals surface area contributed by atoms with E-state index in [2.05, 4.69) is 15.3 Å². The fourth-order valence-corrected chi connectivity index (χ4v) is 5.56. The van der Waals surface area contributed by atoms with Crippen molar-refractivity contribution in [1.82, 2.24) is 10.2 Å². The summed E-state index contributed by atoms with van der Waals surface area (Å²) in [7, 11) is 0. The molecular weight excluding hydrogens is 516 g/mol. The second-order valence-electron chi connectivity index (χ2n) is 8.17. The fourth-order valence-electron chi connectivity index (χ4n) is 3.89. The Morgan fingerprint density at radius 3 is 2.67 bits per heavy atom. The molecule has 7 nitrogen and oxygen atoms in total. The molecule has 1 aromatic heterocycles. The van der Waals surface area contributed by atoms with Gasteiger partial charge in [0.2, 0.25) is 5.91 Å². The number of para-hydroxylation sites is 1. The van der Waals surface area contributed by atoms with Crippen LogP contribution in [0.2, 0.25) is 5.02 Å². The van der Waals surface area contributed by atoms with E-state index in [1.165, 1.54) is 16.7 Å². The molecule has 5 rings (SSSR count). The van der Waals surface area contributed by atoms with E-state index in [0.717, 1.165) is 10.4 Å². The van der Waals surface area contributed by atoms with Crippen LogP contribution in [0.1, 0.15) is 33.6 Å². The summed E-state index contributed by atoms with van der Waals surface area (Å²) in [6.45, 7) is 0.470. The minimum absolute atomic E-state index is 0.0951. The minimum atomic E-state index is -0.684. The molecule has 1 atom stereocenters. The van der Waals surface area contributed by atoms with Gasteiger partial charge in [0.25, 0.3) is 5.91 Å². The molecule has 10 heteroatoms. The molecule has 0 spiro atoms. The van der Waals surface area contributed by atoms with Crippen molar-refractivity contribution in [3.63, 3.8) is 0 Å². The number of hydrogen-bond donors (Lipinski definition) is 1. The number of amides is 2. The normalized spacial score (nSPS) is 16.2. The first kappa shape index (κ1) is 24.4. The second-order valence-corrected chi connectivity index (χ2v) is 10.6. The third kappa shape index (κ3) is 5.28. The standard InChI is InChI=1S/C26H21ClN4O3S2/c27-17-9-7-16(8-10-17)22(32)15-36-26-30-20-6-2-1-5-19(20)24-29-21(25(34)31(24)26)11-12-23(33)28-14-18-4-3-13-35-18/h1-10,13,21H,11-12,14-15H2,(H,28,33). The van der Waals surface area contributed by atoms with Gasteiger partial charge in [-0.25, -0.2) is 9.89 Å².